The first-order valence-electron chi connectivity index (χ1n) is 6.10. The number of nitrogens with two attached hydrogens (primary N) is 1. The van der Waals surface area contributed by atoms with Gasteiger partial charge >= 0.3 is 0 Å². The van der Waals surface area contributed by atoms with Crippen LogP contribution >= 0.6 is 0 Å². The molecule has 0 saturated carbocycles. The minimum absolute atomic E-state index is 0.381. The molecule has 1 atom stereocenters. The molecule has 1 aliphatic rings. The number of nitrogens with zero attached hydrogens (tertiary/aromatic N) is 2. The number of ether oxygens (including phenoxy) is 1. The van der Waals surface area contributed by atoms with Gasteiger partial charge in [-0.15, -0.1) is 0 Å². The Bertz CT molecular complexity index is 377. The van der Waals surface area contributed by atoms with Crippen LogP contribution in [0.5, 0.6) is 0 Å². The summed E-state index contributed by atoms with van der Waals surface area (Å²) in [4.78, 5) is 8.21. The van der Waals surface area contributed by atoms with Gasteiger partial charge in [-0.05, 0) is 32.6 Å². The first-order chi connectivity index (χ1) is 8.18. The van der Waals surface area contributed by atoms with Crippen molar-refractivity contribution in [2.45, 2.75) is 32.7 Å². The summed E-state index contributed by atoms with van der Waals surface area (Å²) in [7, 11) is 0. The SMILES string of the molecule is Cc1c(N)ncnc1NC(C)C1CCOCC1. The van der Waals surface area contributed by atoms with Gasteiger partial charge in [-0.2, -0.15) is 0 Å². The Morgan fingerprint density at radius 2 is 2.12 bits per heavy atom. The molecule has 1 aliphatic heterocycles. The summed E-state index contributed by atoms with van der Waals surface area (Å²) in [6.45, 7) is 5.85. The van der Waals surface area contributed by atoms with E-state index < -0.39 is 0 Å². The molecule has 0 bridgehead atoms. The molecular formula is C12H20N4O. The molecule has 0 amide bonds. The van der Waals surface area contributed by atoms with Crippen molar-refractivity contribution in [3.63, 3.8) is 0 Å². The zero-order chi connectivity index (χ0) is 12.3. The predicted molar refractivity (Wildman–Crippen MR) is 67.8 cm³/mol. The van der Waals surface area contributed by atoms with Gasteiger partial charge in [-0.3, -0.25) is 0 Å². The second-order valence-corrected chi connectivity index (χ2v) is 4.62. The van der Waals surface area contributed by atoms with Crippen molar-refractivity contribution in [2.24, 2.45) is 5.92 Å². The molecule has 17 heavy (non-hydrogen) atoms. The van der Waals surface area contributed by atoms with E-state index in [1.54, 1.807) is 0 Å². The molecule has 0 aromatic carbocycles. The number of anilines is 2. The van der Waals surface area contributed by atoms with Crippen LogP contribution in [-0.2, 0) is 4.74 Å². The van der Waals surface area contributed by atoms with E-state index in [0.717, 1.165) is 37.4 Å². The molecule has 1 saturated heterocycles. The Balaban J connectivity index is 2.01. The van der Waals surface area contributed by atoms with Crippen LogP contribution in [0, 0.1) is 12.8 Å². The van der Waals surface area contributed by atoms with Crippen LogP contribution in [0.1, 0.15) is 25.3 Å². The second kappa shape index (κ2) is 5.31. The van der Waals surface area contributed by atoms with Crippen molar-refractivity contribution in [1.29, 1.82) is 0 Å². The van der Waals surface area contributed by atoms with E-state index >= 15 is 0 Å². The smallest absolute Gasteiger partial charge is 0.134 e. The van der Waals surface area contributed by atoms with Gasteiger partial charge in [0.1, 0.15) is 18.0 Å². The highest BCUT2D eigenvalue weighted by Crippen LogP contribution is 2.23. The lowest BCUT2D eigenvalue weighted by molar-refractivity contribution is 0.0622. The van der Waals surface area contributed by atoms with Crippen LogP contribution in [-0.4, -0.2) is 29.2 Å². The third-order valence-electron chi connectivity index (χ3n) is 3.46. The average Bonchev–Trinajstić information content (AvgIpc) is 2.36. The first kappa shape index (κ1) is 12.1. The lowest BCUT2D eigenvalue weighted by atomic mass is 9.93. The maximum Gasteiger partial charge on any atom is 0.134 e. The summed E-state index contributed by atoms with van der Waals surface area (Å²) in [5, 5.41) is 3.43. The van der Waals surface area contributed by atoms with E-state index in [1.165, 1.54) is 6.33 Å². The van der Waals surface area contributed by atoms with Crippen LogP contribution in [0.4, 0.5) is 11.6 Å². The second-order valence-electron chi connectivity index (χ2n) is 4.62. The Kier molecular flexibility index (Phi) is 3.78. The topological polar surface area (TPSA) is 73.1 Å². The van der Waals surface area contributed by atoms with E-state index in [-0.39, 0.29) is 0 Å². The monoisotopic (exact) mass is 236 g/mol. The van der Waals surface area contributed by atoms with Gasteiger partial charge in [-0.1, -0.05) is 0 Å². The van der Waals surface area contributed by atoms with Crippen LogP contribution in [0.25, 0.3) is 0 Å². The minimum atomic E-state index is 0.381. The van der Waals surface area contributed by atoms with Crippen LogP contribution in [0.15, 0.2) is 6.33 Å². The third kappa shape index (κ3) is 2.85. The summed E-state index contributed by atoms with van der Waals surface area (Å²) < 4.78 is 5.37. The van der Waals surface area contributed by atoms with Crippen molar-refractivity contribution in [3.8, 4) is 0 Å². The van der Waals surface area contributed by atoms with E-state index in [1.807, 2.05) is 6.92 Å². The fourth-order valence-corrected chi connectivity index (χ4v) is 2.16. The lowest BCUT2D eigenvalue weighted by Crippen LogP contribution is -2.31. The predicted octanol–water partition coefficient (Wildman–Crippen LogP) is 1.59. The van der Waals surface area contributed by atoms with Crippen molar-refractivity contribution in [2.75, 3.05) is 24.3 Å². The molecule has 1 aromatic heterocycles. The van der Waals surface area contributed by atoms with E-state index in [9.17, 15) is 0 Å². The van der Waals surface area contributed by atoms with Crippen LogP contribution < -0.4 is 11.1 Å². The molecule has 0 spiro atoms. The number of nitrogen functional groups attached to an aromatic ring is 1. The zero-order valence-electron chi connectivity index (χ0n) is 10.4. The molecule has 5 heteroatoms. The highest BCUT2D eigenvalue weighted by atomic mass is 16.5. The zero-order valence-corrected chi connectivity index (χ0v) is 10.4. The molecular weight excluding hydrogens is 216 g/mol. The van der Waals surface area contributed by atoms with Gasteiger partial charge < -0.3 is 15.8 Å². The molecule has 94 valence electrons. The number of nitrogens with one attached hydrogen (secondary N) is 1. The van der Waals surface area contributed by atoms with Crippen molar-refractivity contribution >= 4 is 11.6 Å². The molecule has 1 fully saturated rings. The Morgan fingerprint density at radius 1 is 1.41 bits per heavy atom. The van der Waals surface area contributed by atoms with Gasteiger partial charge in [0, 0.05) is 24.8 Å². The van der Waals surface area contributed by atoms with Crippen LogP contribution in [0.2, 0.25) is 0 Å². The fourth-order valence-electron chi connectivity index (χ4n) is 2.16. The van der Waals surface area contributed by atoms with Crippen molar-refractivity contribution in [3.05, 3.63) is 11.9 Å². The van der Waals surface area contributed by atoms with Gasteiger partial charge in [0.05, 0.1) is 0 Å². The summed E-state index contributed by atoms with van der Waals surface area (Å²) in [5.41, 5.74) is 6.69. The maximum absolute atomic E-state index is 5.76. The van der Waals surface area contributed by atoms with Gasteiger partial charge in [0.2, 0.25) is 0 Å². The van der Waals surface area contributed by atoms with Crippen molar-refractivity contribution in [1.82, 2.24) is 9.97 Å². The first-order valence-corrected chi connectivity index (χ1v) is 6.10. The summed E-state index contributed by atoms with van der Waals surface area (Å²) in [5.74, 6) is 2.03. The summed E-state index contributed by atoms with van der Waals surface area (Å²) >= 11 is 0. The molecule has 5 nitrogen and oxygen atoms in total. The standard InChI is InChI=1S/C12H20N4O/c1-8-11(13)14-7-15-12(8)16-9(2)10-3-5-17-6-4-10/h7,9-10H,3-6H2,1-2H3,(H3,13,14,15,16). The lowest BCUT2D eigenvalue weighted by Gasteiger charge is -2.29. The number of rotatable bonds is 3. The highest BCUT2D eigenvalue weighted by molar-refractivity contribution is 5.54. The fraction of sp³-hybridized carbons (Fsp3) is 0.667. The van der Waals surface area contributed by atoms with Crippen LogP contribution in [0.3, 0.4) is 0 Å². The normalized spacial score (nSPS) is 18.9. The number of hydrogen-bond donors (Lipinski definition) is 2. The Labute approximate surface area is 102 Å². The number of hydrogen-bond acceptors (Lipinski definition) is 5. The minimum Gasteiger partial charge on any atom is -0.383 e. The summed E-state index contributed by atoms with van der Waals surface area (Å²) in [6, 6.07) is 0.381. The summed E-state index contributed by atoms with van der Waals surface area (Å²) in [6.07, 6.45) is 3.71. The van der Waals surface area contributed by atoms with E-state index in [0.29, 0.717) is 17.8 Å². The van der Waals surface area contributed by atoms with Crippen molar-refractivity contribution < 1.29 is 4.74 Å². The van der Waals surface area contributed by atoms with Gasteiger partial charge in [-0.25, -0.2) is 9.97 Å². The average molecular weight is 236 g/mol. The quantitative estimate of drug-likeness (QED) is 0.833. The number of aromatic nitrogens is 2. The van der Waals surface area contributed by atoms with E-state index in [4.69, 9.17) is 10.5 Å². The molecule has 0 radical (unpaired) electrons. The van der Waals surface area contributed by atoms with Gasteiger partial charge in [0.25, 0.3) is 0 Å². The highest BCUT2D eigenvalue weighted by Gasteiger charge is 2.21. The third-order valence-corrected chi connectivity index (χ3v) is 3.46. The Hall–Kier alpha value is -1.36. The molecule has 2 rings (SSSR count). The maximum atomic E-state index is 5.76. The molecule has 2 heterocycles. The molecule has 1 aromatic rings. The van der Waals surface area contributed by atoms with E-state index in [2.05, 4.69) is 22.2 Å². The molecule has 1 unspecified atom stereocenters. The molecule has 0 aliphatic carbocycles. The molecule has 3 N–H and O–H groups in total. The van der Waals surface area contributed by atoms with Gasteiger partial charge in [0.15, 0.2) is 0 Å². The largest absolute Gasteiger partial charge is 0.383 e. The Morgan fingerprint density at radius 3 is 2.82 bits per heavy atom.